The van der Waals surface area contributed by atoms with Crippen LogP contribution in [0.5, 0.6) is 34.5 Å². The molecular weight excluding hydrogens is 977 g/mol. The largest absolute Gasteiger partial charge is 0.494 e. The van der Waals surface area contributed by atoms with E-state index >= 15 is 0 Å². The Morgan fingerprint density at radius 3 is 1.36 bits per heavy atom. The molecule has 382 valence electrons. The van der Waals surface area contributed by atoms with Gasteiger partial charge in [0.2, 0.25) is 0 Å². The van der Waals surface area contributed by atoms with Crippen molar-refractivity contribution in [3.05, 3.63) is 144 Å². The van der Waals surface area contributed by atoms with Gasteiger partial charge in [-0.3, -0.25) is 9.13 Å². The van der Waals surface area contributed by atoms with Crippen LogP contribution >= 0.6 is 0 Å². The summed E-state index contributed by atoms with van der Waals surface area (Å²) in [4.78, 5) is 32.1. The number of esters is 1. The van der Waals surface area contributed by atoms with Gasteiger partial charge in [0, 0.05) is 60.9 Å². The predicted molar refractivity (Wildman–Crippen MR) is 254 cm³/mol. The van der Waals surface area contributed by atoms with E-state index in [1.807, 2.05) is 0 Å². The van der Waals surface area contributed by atoms with Gasteiger partial charge in [0.1, 0.15) is 46.7 Å². The average molecular weight is 1020 g/mol. The molecular formula is C51H44F8N6O8. The number of nitrogens with zero attached hydrogens (tertiary/aromatic N) is 4. The fourth-order valence-electron chi connectivity index (χ4n) is 7.53. The molecule has 14 nitrogen and oxygen atoms in total. The van der Waals surface area contributed by atoms with E-state index in [1.54, 1.807) is 65.4 Å². The molecule has 0 aliphatic carbocycles. The normalized spacial score (nSPS) is 11.5. The van der Waals surface area contributed by atoms with Gasteiger partial charge in [-0.15, -0.1) is 0 Å². The van der Waals surface area contributed by atoms with Crippen LogP contribution in [-0.2, 0) is 4.74 Å². The Kier molecular flexibility index (Phi) is 15.6. The number of halogens is 8. The van der Waals surface area contributed by atoms with Gasteiger partial charge in [-0.25, -0.2) is 28.3 Å². The summed E-state index contributed by atoms with van der Waals surface area (Å²) in [6.45, 7) is 2.65. The van der Waals surface area contributed by atoms with Crippen molar-refractivity contribution < 1.29 is 73.5 Å². The zero-order valence-electron chi connectivity index (χ0n) is 39.3. The number of hydrogen-bond acceptors (Lipinski definition) is 11. The molecule has 6 aromatic carbocycles. The quantitative estimate of drug-likeness (QED) is 0.0622. The molecule has 8 rings (SSSR count). The van der Waals surface area contributed by atoms with E-state index in [2.05, 4.69) is 20.6 Å². The molecule has 2 heterocycles. The van der Waals surface area contributed by atoms with Crippen LogP contribution in [0.15, 0.2) is 110 Å². The van der Waals surface area contributed by atoms with Crippen LogP contribution in [0.3, 0.4) is 0 Å². The Balaban J connectivity index is 0.000000214. The maximum Gasteiger partial charge on any atom is 0.390 e. The first-order valence-corrected chi connectivity index (χ1v) is 21.8. The number of carbonyl (C=O) groups is 2. The third kappa shape index (κ3) is 12.7. The number of aromatic carboxylic acids is 1. The molecule has 0 amide bonds. The lowest BCUT2D eigenvalue weighted by atomic mass is 10.1. The smallest absolute Gasteiger partial charge is 0.390 e. The highest BCUT2D eigenvalue weighted by atomic mass is 19.4. The highest BCUT2D eigenvalue weighted by Gasteiger charge is 2.28. The molecule has 22 heteroatoms. The molecule has 0 fully saturated rings. The standard InChI is InChI=1S/C26H23F4N3O4.C25H21F4N3O4/c1-15-10-16(4-6-19(15)25(34)36-3)33-14-32-24-21(31-9-8-26(28,29)30)12-18(13-22(24)33)37-17-5-7-23(35-2)20(27)11-17;1-14-9-15(3-5-18(14)24(33)34)32-13-31-23-20(30-8-7-25(27,28)29)11-17(12-21(23)32)36-16-4-6-22(35-2)19(26)10-16/h4-7,10-14,31H,8-9H2,1-3H3;3-6,9-13,30H,7-8H2,1-2H3,(H,33,34). The third-order valence-corrected chi connectivity index (χ3v) is 11.0. The molecule has 0 saturated heterocycles. The van der Waals surface area contributed by atoms with Gasteiger partial charge >= 0.3 is 24.3 Å². The third-order valence-electron chi connectivity index (χ3n) is 11.0. The zero-order valence-corrected chi connectivity index (χ0v) is 39.3. The molecule has 0 atom stereocenters. The maximum absolute atomic E-state index is 14.2. The number of aromatic nitrogens is 4. The minimum absolute atomic E-state index is 0.0329. The SMILES string of the molecule is COC(=O)c1ccc(-n2cnc3c(NCCC(F)(F)F)cc(Oc4ccc(OC)c(F)c4)cc32)cc1C.COc1ccc(Oc2cc(NCCC(F)(F)F)c3ncn(-c4ccc(C(=O)O)c(C)c4)c3c2)cc1F. The van der Waals surface area contributed by atoms with Crippen molar-refractivity contribution in [1.82, 2.24) is 19.1 Å². The van der Waals surface area contributed by atoms with E-state index in [1.165, 1.54) is 76.4 Å². The Morgan fingerprint density at radius 2 is 1.00 bits per heavy atom. The van der Waals surface area contributed by atoms with E-state index < -0.39 is 55.3 Å². The van der Waals surface area contributed by atoms with Gasteiger partial charge in [-0.05, 0) is 85.6 Å². The summed E-state index contributed by atoms with van der Waals surface area (Å²) in [6, 6.07) is 24.1. The summed E-state index contributed by atoms with van der Waals surface area (Å²) in [5, 5.41) is 14.8. The van der Waals surface area contributed by atoms with Crippen molar-refractivity contribution in [1.29, 1.82) is 0 Å². The number of nitrogens with one attached hydrogen (secondary N) is 2. The lowest BCUT2D eigenvalue weighted by molar-refractivity contribution is -0.132. The van der Waals surface area contributed by atoms with Gasteiger partial charge in [0.25, 0.3) is 0 Å². The van der Waals surface area contributed by atoms with Crippen LogP contribution in [0, 0.1) is 25.5 Å². The van der Waals surface area contributed by atoms with Crippen LogP contribution < -0.4 is 29.6 Å². The summed E-state index contributed by atoms with van der Waals surface area (Å²) < 4.78 is 134. The lowest BCUT2D eigenvalue weighted by Crippen LogP contribution is -2.14. The van der Waals surface area contributed by atoms with Crippen LogP contribution in [0.1, 0.15) is 44.7 Å². The number of carboxylic acids is 1. The molecule has 2 aromatic heterocycles. The lowest BCUT2D eigenvalue weighted by Gasteiger charge is -2.14. The number of fused-ring (bicyclic) bond motifs is 2. The molecule has 73 heavy (non-hydrogen) atoms. The summed E-state index contributed by atoms with van der Waals surface area (Å²) in [5.74, 6) is -1.93. The first kappa shape index (κ1) is 52.3. The Morgan fingerprint density at radius 1 is 0.575 bits per heavy atom. The second-order valence-corrected chi connectivity index (χ2v) is 16.1. The van der Waals surface area contributed by atoms with Crippen LogP contribution in [0.25, 0.3) is 33.4 Å². The number of methoxy groups -OCH3 is 3. The van der Waals surface area contributed by atoms with Gasteiger partial charge in [0.15, 0.2) is 23.1 Å². The molecule has 0 radical (unpaired) electrons. The summed E-state index contributed by atoms with van der Waals surface area (Å²) in [5.41, 5.74) is 5.36. The molecule has 0 unspecified atom stereocenters. The molecule has 0 aliphatic rings. The monoisotopic (exact) mass is 1020 g/mol. The molecule has 0 saturated carbocycles. The number of carbonyl (C=O) groups excluding carboxylic acids is 1. The van der Waals surface area contributed by atoms with Crippen molar-refractivity contribution in [3.63, 3.8) is 0 Å². The zero-order chi connectivity index (χ0) is 52.8. The number of imidazole rings is 2. The Hall–Kier alpha value is -8.56. The highest BCUT2D eigenvalue weighted by molar-refractivity contribution is 5.94. The van der Waals surface area contributed by atoms with E-state index in [0.29, 0.717) is 61.5 Å². The number of benzene rings is 6. The van der Waals surface area contributed by atoms with E-state index in [0.717, 1.165) is 12.1 Å². The Bertz CT molecular complexity index is 3320. The van der Waals surface area contributed by atoms with Gasteiger partial charge in [-0.2, -0.15) is 26.3 Å². The molecule has 3 N–H and O–H groups in total. The molecule has 8 aromatic rings. The topological polar surface area (TPSA) is 160 Å². The van der Waals surface area contributed by atoms with Crippen LogP contribution in [0.4, 0.5) is 46.5 Å². The van der Waals surface area contributed by atoms with Crippen LogP contribution in [0.2, 0.25) is 0 Å². The number of carboxylic acid groups (broad SMARTS) is 1. The molecule has 0 aliphatic heterocycles. The number of alkyl halides is 6. The maximum atomic E-state index is 14.2. The van der Waals surface area contributed by atoms with Crippen molar-refractivity contribution in [3.8, 4) is 45.9 Å². The van der Waals surface area contributed by atoms with Crippen molar-refractivity contribution in [2.24, 2.45) is 0 Å². The van der Waals surface area contributed by atoms with Gasteiger partial charge in [-0.1, -0.05) is 0 Å². The average Bonchev–Trinajstić information content (AvgIpc) is 3.96. The van der Waals surface area contributed by atoms with E-state index in [9.17, 15) is 49.8 Å². The number of anilines is 2. The van der Waals surface area contributed by atoms with E-state index in [-0.39, 0.29) is 46.6 Å². The van der Waals surface area contributed by atoms with Crippen molar-refractivity contribution in [2.75, 3.05) is 45.1 Å². The number of ether oxygens (including phenoxy) is 5. The van der Waals surface area contributed by atoms with Crippen molar-refractivity contribution in [2.45, 2.75) is 39.0 Å². The molecule has 0 bridgehead atoms. The van der Waals surface area contributed by atoms with Gasteiger partial charge in [0.05, 0.1) is 67.7 Å². The second kappa shape index (κ2) is 21.8. The predicted octanol–water partition coefficient (Wildman–Crippen LogP) is 12.8. The first-order chi connectivity index (χ1) is 34.6. The fraction of sp³-hybridized carbons (Fsp3) is 0.216. The minimum Gasteiger partial charge on any atom is -0.494 e. The summed E-state index contributed by atoms with van der Waals surface area (Å²) >= 11 is 0. The van der Waals surface area contributed by atoms with Crippen molar-refractivity contribution >= 4 is 45.4 Å². The number of hydrogen-bond donors (Lipinski definition) is 3. The fourth-order valence-corrected chi connectivity index (χ4v) is 7.53. The summed E-state index contributed by atoms with van der Waals surface area (Å²) in [7, 11) is 3.96. The number of rotatable bonds is 16. The summed E-state index contributed by atoms with van der Waals surface area (Å²) in [6.07, 6.45) is -7.78. The van der Waals surface area contributed by atoms with E-state index in [4.69, 9.17) is 23.7 Å². The number of aryl methyl sites for hydroxylation is 2. The first-order valence-electron chi connectivity index (χ1n) is 21.8. The van der Waals surface area contributed by atoms with Crippen LogP contribution in [-0.4, -0.2) is 82.9 Å². The second-order valence-electron chi connectivity index (χ2n) is 16.1. The van der Waals surface area contributed by atoms with Gasteiger partial charge < -0.3 is 39.4 Å². The highest BCUT2D eigenvalue weighted by Crippen LogP contribution is 2.37. The Labute approximate surface area is 410 Å². The minimum atomic E-state index is -4.34. The molecule has 0 spiro atoms.